The molecule has 0 saturated heterocycles. The highest BCUT2D eigenvalue weighted by molar-refractivity contribution is 5.95. The number of nitrogens with one attached hydrogen (secondary N) is 1. The smallest absolute Gasteiger partial charge is 0.272 e. The summed E-state index contributed by atoms with van der Waals surface area (Å²) in [7, 11) is 0. The van der Waals surface area contributed by atoms with E-state index in [1.165, 1.54) is 18.6 Å². The van der Waals surface area contributed by atoms with Crippen LogP contribution in [0.1, 0.15) is 104 Å². The fourth-order valence-corrected chi connectivity index (χ4v) is 10.2. The van der Waals surface area contributed by atoms with Crippen molar-refractivity contribution in [2.75, 3.05) is 0 Å². The fourth-order valence-electron chi connectivity index (χ4n) is 10.2. The Labute approximate surface area is 209 Å². The largest absolute Gasteiger partial charge is 0.390 e. The van der Waals surface area contributed by atoms with E-state index in [1.54, 1.807) is 4.68 Å². The van der Waals surface area contributed by atoms with E-state index in [2.05, 4.69) is 5.32 Å². The minimum Gasteiger partial charge on any atom is -0.390 e. The summed E-state index contributed by atoms with van der Waals surface area (Å²) in [6, 6.07) is 3.62. The van der Waals surface area contributed by atoms with Crippen LogP contribution in [0.3, 0.4) is 0 Å². The van der Waals surface area contributed by atoms with Crippen molar-refractivity contribution in [2.45, 2.75) is 93.6 Å². The second-order valence-corrected chi connectivity index (χ2v) is 13.4. The van der Waals surface area contributed by atoms with Gasteiger partial charge in [-0.3, -0.25) is 4.79 Å². The molecule has 1 aromatic heterocycles. The predicted molar refractivity (Wildman–Crippen MR) is 129 cm³/mol. The molecule has 2 aromatic rings. The third-order valence-electron chi connectivity index (χ3n) is 10.7. The molecule has 4 unspecified atom stereocenters. The summed E-state index contributed by atoms with van der Waals surface area (Å²) in [6.45, 7) is 0. The van der Waals surface area contributed by atoms with Gasteiger partial charge in [-0.1, -0.05) is 0 Å². The Bertz CT molecular complexity index is 1260. The average Bonchev–Trinajstić information content (AvgIpc) is 3.08. The summed E-state index contributed by atoms with van der Waals surface area (Å²) in [5.41, 5.74) is 1.59. The Morgan fingerprint density at radius 3 is 2.28 bits per heavy atom. The van der Waals surface area contributed by atoms with Crippen molar-refractivity contribution in [3.8, 4) is 5.69 Å². The number of carbonyl (C=O) groups is 1. The van der Waals surface area contributed by atoms with Crippen molar-refractivity contribution in [1.82, 2.24) is 15.1 Å². The molecule has 5 nitrogen and oxygen atoms in total. The maximum Gasteiger partial charge on any atom is 0.272 e. The molecule has 7 heteroatoms. The quantitative estimate of drug-likeness (QED) is 0.605. The van der Waals surface area contributed by atoms with E-state index >= 15 is 4.39 Å². The topological polar surface area (TPSA) is 67.2 Å². The van der Waals surface area contributed by atoms with E-state index in [-0.39, 0.29) is 29.0 Å². The lowest BCUT2D eigenvalue weighted by atomic mass is 9.51. The monoisotopic (exact) mass is 493 g/mol. The van der Waals surface area contributed by atoms with Gasteiger partial charge in [0.1, 0.15) is 11.5 Å². The molecule has 190 valence electrons. The van der Waals surface area contributed by atoms with Crippen molar-refractivity contribution >= 4 is 5.91 Å². The molecule has 1 aromatic carbocycles. The summed E-state index contributed by atoms with van der Waals surface area (Å²) in [5, 5.41) is 19.4. The molecule has 0 radical (unpaired) electrons. The summed E-state index contributed by atoms with van der Waals surface area (Å²) in [5.74, 6) is 1.26. The number of hydrogen-bond acceptors (Lipinski definition) is 3. The van der Waals surface area contributed by atoms with Gasteiger partial charge >= 0.3 is 0 Å². The molecule has 1 amide bonds. The van der Waals surface area contributed by atoms with Gasteiger partial charge in [-0.2, -0.15) is 5.10 Å². The number of hydrogen-bond donors (Lipinski definition) is 2. The van der Waals surface area contributed by atoms with Crippen LogP contribution in [0.5, 0.6) is 0 Å². The summed E-state index contributed by atoms with van der Waals surface area (Å²) < 4.78 is 30.4. The Morgan fingerprint density at radius 2 is 1.61 bits per heavy atom. The molecule has 6 fully saturated rings. The maximum atomic E-state index is 15.0. The zero-order valence-corrected chi connectivity index (χ0v) is 20.5. The van der Waals surface area contributed by atoms with Crippen LogP contribution >= 0.6 is 0 Å². The first kappa shape index (κ1) is 21.8. The number of rotatable bonds is 3. The van der Waals surface area contributed by atoms with Crippen LogP contribution in [0.15, 0.2) is 18.2 Å². The van der Waals surface area contributed by atoms with Crippen LogP contribution in [-0.4, -0.2) is 31.9 Å². The van der Waals surface area contributed by atoms with Gasteiger partial charge in [0.15, 0.2) is 11.5 Å². The van der Waals surface area contributed by atoms with Crippen LogP contribution in [0.2, 0.25) is 0 Å². The van der Waals surface area contributed by atoms with Gasteiger partial charge in [0.2, 0.25) is 0 Å². The lowest BCUT2D eigenvalue weighted by Crippen LogP contribution is -2.65. The highest BCUT2D eigenvalue weighted by Crippen LogP contribution is 2.59. The summed E-state index contributed by atoms with van der Waals surface area (Å²) in [6.07, 6.45) is 10.8. The van der Waals surface area contributed by atoms with E-state index in [0.29, 0.717) is 35.8 Å². The first-order valence-electron chi connectivity index (χ1n) is 13.9. The van der Waals surface area contributed by atoms with E-state index in [4.69, 9.17) is 5.10 Å². The molecule has 36 heavy (non-hydrogen) atoms. The van der Waals surface area contributed by atoms with Crippen LogP contribution in [0.4, 0.5) is 8.78 Å². The molecule has 8 aliphatic rings. The second-order valence-electron chi connectivity index (χ2n) is 13.4. The van der Waals surface area contributed by atoms with Crippen LogP contribution in [0.25, 0.3) is 5.69 Å². The van der Waals surface area contributed by atoms with Gasteiger partial charge in [-0.15, -0.1) is 0 Å². The van der Waals surface area contributed by atoms with Gasteiger partial charge in [0.25, 0.3) is 5.91 Å². The Morgan fingerprint density at radius 1 is 0.944 bits per heavy atom. The number of nitrogens with zero attached hydrogens (tertiary/aromatic N) is 2. The van der Waals surface area contributed by atoms with Gasteiger partial charge in [0, 0.05) is 23.1 Å². The lowest BCUT2D eigenvalue weighted by molar-refractivity contribution is -0.139. The molecule has 8 aliphatic carbocycles. The standard InChI is InChI=1S/C29H33F2N3O2/c30-21-1-2-23(22(31)9-21)34-26-20-7-15-3-16(8-20)6-19(5-15)24(26)25(33-34)27(35)32-28-10-17-4-18(11-28)13-29(36,12-17)14-28/h1-2,9,15-20,36H,3-8,10-14H2,(H,32,35). The van der Waals surface area contributed by atoms with Crippen LogP contribution in [-0.2, 0) is 0 Å². The number of aliphatic hydroxyl groups is 1. The Balaban J connectivity index is 1.24. The first-order chi connectivity index (χ1) is 17.3. The van der Waals surface area contributed by atoms with E-state index < -0.39 is 17.2 Å². The molecule has 2 N–H and O–H groups in total. The fraction of sp³-hybridized carbons (Fsp3) is 0.655. The van der Waals surface area contributed by atoms with Crippen LogP contribution in [0, 0.1) is 35.3 Å². The molecule has 8 bridgehead atoms. The molecule has 10 rings (SSSR count). The van der Waals surface area contributed by atoms with Crippen molar-refractivity contribution in [3.63, 3.8) is 0 Å². The zero-order chi connectivity index (χ0) is 24.4. The number of amides is 1. The molecule has 0 aliphatic heterocycles. The SMILES string of the molecule is O=C(NC12CC3CC(CC(O)(C3)C1)C2)c1nn(-c2ccc(F)cc2F)c2c1C1CC3CC(C1)CC2C3. The summed E-state index contributed by atoms with van der Waals surface area (Å²) >= 11 is 0. The maximum absolute atomic E-state index is 15.0. The summed E-state index contributed by atoms with van der Waals surface area (Å²) in [4.78, 5) is 14.1. The number of carbonyl (C=O) groups excluding carboxylic acids is 1. The number of aromatic nitrogens is 2. The Kier molecular flexibility index (Phi) is 4.34. The minimum absolute atomic E-state index is 0.181. The molecule has 4 atom stereocenters. The van der Waals surface area contributed by atoms with E-state index in [1.807, 2.05) is 0 Å². The van der Waals surface area contributed by atoms with Gasteiger partial charge in [0.05, 0.1) is 11.3 Å². The predicted octanol–water partition coefficient (Wildman–Crippen LogP) is 5.35. The van der Waals surface area contributed by atoms with Gasteiger partial charge in [-0.05, 0) is 112 Å². The molecular weight excluding hydrogens is 460 g/mol. The lowest BCUT2D eigenvalue weighted by Gasteiger charge is -2.60. The molecule has 6 saturated carbocycles. The van der Waals surface area contributed by atoms with Crippen molar-refractivity contribution in [1.29, 1.82) is 0 Å². The van der Waals surface area contributed by atoms with E-state index in [9.17, 15) is 14.3 Å². The van der Waals surface area contributed by atoms with Crippen molar-refractivity contribution in [2.24, 2.45) is 23.7 Å². The third-order valence-corrected chi connectivity index (χ3v) is 10.7. The zero-order valence-electron chi connectivity index (χ0n) is 20.5. The number of halogens is 2. The highest BCUT2D eigenvalue weighted by Gasteiger charge is 2.58. The normalized spacial score (nSPS) is 41.4. The van der Waals surface area contributed by atoms with Gasteiger partial charge in [-0.25, -0.2) is 13.5 Å². The van der Waals surface area contributed by atoms with E-state index in [0.717, 1.165) is 75.1 Å². The average molecular weight is 494 g/mol. The molecule has 0 spiro atoms. The molecule has 1 heterocycles. The first-order valence-corrected chi connectivity index (χ1v) is 13.9. The number of benzene rings is 1. The third kappa shape index (κ3) is 3.13. The minimum atomic E-state index is -0.664. The molecular formula is C29H33F2N3O2. The van der Waals surface area contributed by atoms with Crippen LogP contribution < -0.4 is 5.32 Å². The van der Waals surface area contributed by atoms with Gasteiger partial charge < -0.3 is 10.4 Å². The second kappa shape index (κ2) is 7.18. The highest BCUT2D eigenvalue weighted by atomic mass is 19.1. The van der Waals surface area contributed by atoms with Crippen molar-refractivity contribution < 1.29 is 18.7 Å². The Hall–Kier alpha value is -2.28. The van der Waals surface area contributed by atoms with Crippen molar-refractivity contribution in [3.05, 3.63) is 46.8 Å².